The number of ether oxygens (including phenoxy) is 2. The van der Waals surface area contributed by atoms with Crippen molar-refractivity contribution in [2.45, 2.75) is 72.3 Å². The molecule has 0 aliphatic carbocycles. The van der Waals surface area contributed by atoms with Crippen molar-refractivity contribution in [2.24, 2.45) is 5.92 Å². The number of hydrogen-bond acceptors (Lipinski definition) is 4. The lowest BCUT2D eigenvalue weighted by Crippen LogP contribution is -2.50. The van der Waals surface area contributed by atoms with Crippen LogP contribution in [0.25, 0.3) is 0 Å². The molecule has 0 aliphatic heterocycles. The molecule has 0 rings (SSSR count). The van der Waals surface area contributed by atoms with E-state index in [1.165, 1.54) is 12.8 Å². The molecule has 2 unspecified atom stereocenters. The first kappa shape index (κ1) is 20.4. The fourth-order valence-electron chi connectivity index (χ4n) is 2.49. The first-order chi connectivity index (χ1) is 10.00. The van der Waals surface area contributed by atoms with Crippen LogP contribution in [0.4, 0.5) is 0 Å². The molecule has 126 valence electrons. The van der Waals surface area contributed by atoms with Crippen LogP contribution in [0, 0.1) is 5.92 Å². The van der Waals surface area contributed by atoms with Crippen LogP contribution in [0.15, 0.2) is 0 Å². The summed E-state index contributed by atoms with van der Waals surface area (Å²) in [6, 6.07) is 0. The van der Waals surface area contributed by atoms with Crippen molar-refractivity contribution in [2.75, 3.05) is 26.4 Å². The van der Waals surface area contributed by atoms with E-state index in [1.807, 2.05) is 20.8 Å². The van der Waals surface area contributed by atoms with E-state index in [0.717, 1.165) is 39.0 Å². The SMILES string of the molecule is CCCC(C)COCCCCC(C)(NCC)C(=O)OCC. The number of nitrogens with one attached hydrogen (secondary N) is 1. The molecule has 0 aromatic heterocycles. The quantitative estimate of drug-likeness (QED) is 0.417. The van der Waals surface area contributed by atoms with Crippen molar-refractivity contribution in [3.05, 3.63) is 0 Å². The molecule has 4 nitrogen and oxygen atoms in total. The van der Waals surface area contributed by atoms with E-state index < -0.39 is 5.54 Å². The molecular weight excluding hydrogens is 266 g/mol. The zero-order chi connectivity index (χ0) is 16.1. The Balaban J connectivity index is 3.91. The van der Waals surface area contributed by atoms with Crippen molar-refractivity contribution in [1.82, 2.24) is 5.32 Å². The van der Waals surface area contributed by atoms with Gasteiger partial charge in [-0.2, -0.15) is 0 Å². The van der Waals surface area contributed by atoms with Crippen molar-refractivity contribution < 1.29 is 14.3 Å². The highest BCUT2D eigenvalue weighted by atomic mass is 16.5. The van der Waals surface area contributed by atoms with Crippen LogP contribution in [0.2, 0.25) is 0 Å². The fraction of sp³-hybridized carbons (Fsp3) is 0.941. The Morgan fingerprint density at radius 2 is 1.95 bits per heavy atom. The Kier molecular flexibility index (Phi) is 11.6. The van der Waals surface area contributed by atoms with E-state index in [2.05, 4.69) is 19.2 Å². The lowest BCUT2D eigenvalue weighted by molar-refractivity contribution is -0.150. The Bertz CT molecular complexity index is 271. The molecule has 0 radical (unpaired) electrons. The summed E-state index contributed by atoms with van der Waals surface area (Å²) < 4.78 is 10.9. The summed E-state index contributed by atoms with van der Waals surface area (Å²) >= 11 is 0. The number of carbonyl (C=O) groups is 1. The second-order valence-electron chi connectivity index (χ2n) is 6.01. The molecule has 0 saturated heterocycles. The van der Waals surface area contributed by atoms with Crippen molar-refractivity contribution in [3.63, 3.8) is 0 Å². The molecule has 0 spiro atoms. The summed E-state index contributed by atoms with van der Waals surface area (Å²) in [6.07, 6.45) is 5.17. The second-order valence-corrected chi connectivity index (χ2v) is 6.01. The number of hydrogen-bond donors (Lipinski definition) is 1. The minimum Gasteiger partial charge on any atom is -0.465 e. The van der Waals surface area contributed by atoms with Crippen LogP contribution in [0.3, 0.4) is 0 Å². The predicted molar refractivity (Wildman–Crippen MR) is 87.5 cm³/mol. The summed E-state index contributed by atoms with van der Waals surface area (Å²) in [5, 5.41) is 3.25. The van der Waals surface area contributed by atoms with Gasteiger partial charge in [-0.05, 0) is 52.0 Å². The van der Waals surface area contributed by atoms with Gasteiger partial charge in [-0.1, -0.05) is 27.2 Å². The van der Waals surface area contributed by atoms with Crippen LogP contribution >= 0.6 is 0 Å². The van der Waals surface area contributed by atoms with E-state index in [0.29, 0.717) is 12.5 Å². The molecule has 2 atom stereocenters. The van der Waals surface area contributed by atoms with Gasteiger partial charge in [-0.15, -0.1) is 0 Å². The van der Waals surface area contributed by atoms with Crippen LogP contribution in [-0.2, 0) is 14.3 Å². The maximum absolute atomic E-state index is 12.0. The Morgan fingerprint density at radius 1 is 1.24 bits per heavy atom. The number of carbonyl (C=O) groups excluding carboxylic acids is 1. The Hall–Kier alpha value is -0.610. The van der Waals surface area contributed by atoms with Crippen molar-refractivity contribution >= 4 is 5.97 Å². The van der Waals surface area contributed by atoms with Gasteiger partial charge in [-0.3, -0.25) is 4.79 Å². The van der Waals surface area contributed by atoms with E-state index in [1.54, 1.807) is 0 Å². The summed E-state index contributed by atoms with van der Waals surface area (Å²) in [7, 11) is 0. The van der Waals surface area contributed by atoms with Gasteiger partial charge in [0.1, 0.15) is 5.54 Å². The lowest BCUT2D eigenvalue weighted by Gasteiger charge is -2.28. The normalized spacial score (nSPS) is 15.5. The maximum atomic E-state index is 12.0. The smallest absolute Gasteiger partial charge is 0.326 e. The highest BCUT2D eigenvalue weighted by Crippen LogP contribution is 2.16. The highest BCUT2D eigenvalue weighted by molar-refractivity contribution is 5.80. The maximum Gasteiger partial charge on any atom is 0.326 e. The first-order valence-electron chi connectivity index (χ1n) is 8.50. The minimum atomic E-state index is -0.569. The number of esters is 1. The van der Waals surface area contributed by atoms with E-state index >= 15 is 0 Å². The van der Waals surface area contributed by atoms with Crippen LogP contribution in [0.1, 0.15) is 66.7 Å². The van der Waals surface area contributed by atoms with E-state index in [-0.39, 0.29) is 5.97 Å². The number of unbranched alkanes of at least 4 members (excludes halogenated alkanes) is 1. The average Bonchev–Trinajstić information content (AvgIpc) is 2.43. The minimum absolute atomic E-state index is 0.149. The van der Waals surface area contributed by atoms with Gasteiger partial charge in [0.05, 0.1) is 6.61 Å². The van der Waals surface area contributed by atoms with Gasteiger partial charge in [0.15, 0.2) is 0 Å². The second kappa shape index (κ2) is 12.0. The monoisotopic (exact) mass is 301 g/mol. The highest BCUT2D eigenvalue weighted by Gasteiger charge is 2.32. The van der Waals surface area contributed by atoms with Crippen LogP contribution in [-0.4, -0.2) is 37.9 Å². The Morgan fingerprint density at radius 3 is 2.52 bits per heavy atom. The standard InChI is InChI=1S/C17H35NO3/c1-6-11-15(4)14-20-13-10-9-12-17(5,18-7-2)16(19)21-8-3/h15,18H,6-14H2,1-5H3. The van der Waals surface area contributed by atoms with Crippen molar-refractivity contribution in [1.29, 1.82) is 0 Å². The summed E-state index contributed by atoms with van der Waals surface area (Å²) in [5.74, 6) is 0.492. The number of rotatable bonds is 13. The Labute approximate surface area is 131 Å². The predicted octanol–water partition coefficient (Wildman–Crippen LogP) is 3.54. The zero-order valence-electron chi connectivity index (χ0n) is 14.7. The molecule has 0 aromatic rings. The largest absolute Gasteiger partial charge is 0.465 e. The first-order valence-corrected chi connectivity index (χ1v) is 8.50. The number of likely N-dealkylation sites (N-methyl/N-ethyl adjacent to an activating group) is 1. The molecule has 4 heteroatoms. The van der Waals surface area contributed by atoms with Gasteiger partial charge in [-0.25, -0.2) is 0 Å². The van der Waals surface area contributed by atoms with E-state index in [4.69, 9.17) is 9.47 Å². The molecule has 0 heterocycles. The zero-order valence-corrected chi connectivity index (χ0v) is 14.7. The topological polar surface area (TPSA) is 47.6 Å². The molecule has 0 saturated carbocycles. The summed E-state index contributed by atoms with van der Waals surface area (Å²) in [5.41, 5.74) is -0.569. The molecular formula is C17H35NO3. The molecule has 0 amide bonds. The molecule has 1 N–H and O–H groups in total. The van der Waals surface area contributed by atoms with Gasteiger partial charge in [0, 0.05) is 13.2 Å². The lowest BCUT2D eigenvalue weighted by atomic mass is 9.95. The van der Waals surface area contributed by atoms with Gasteiger partial charge in [0.25, 0.3) is 0 Å². The average molecular weight is 301 g/mol. The third-order valence-electron chi connectivity index (χ3n) is 3.69. The van der Waals surface area contributed by atoms with Crippen molar-refractivity contribution in [3.8, 4) is 0 Å². The fourth-order valence-corrected chi connectivity index (χ4v) is 2.49. The summed E-state index contributed by atoms with van der Waals surface area (Å²) in [4.78, 5) is 12.0. The van der Waals surface area contributed by atoms with Crippen LogP contribution < -0.4 is 5.32 Å². The van der Waals surface area contributed by atoms with E-state index in [9.17, 15) is 4.79 Å². The van der Waals surface area contributed by atoms with Gasteiger partial charge in [0.2, 0.25) is 0 Å². The van der Waals surface area contributed by atoms with Gasteiger partial charge < -0.3 is 14.8 Å². The van der Waals surface area contributed by atoms with Crippen LogP contribution in [0.5, 0.6) is 0 Å². The third-order valence-corrected chi connectivity index (χ3v) is 3.69. The third kappa shape index (κ3) is 9.10. The molecule has 0 fully saturated rings. The molecule has 0 aliphatic rings. The molecule has 0 bridgehead atoms. The van der Waals surface area contributed by atoms with Gasteiger partial charge >= 0.3 is 5.97 Å². The molecule has 21 heavy (non-hydrogen) atoms. The summed E-state index contributed by atoms with van der Waals surface area (Å²) in [6.45, 7) is 13.0. The molecule has 0 aromatic carbocycles.